The molecular formula is C17H18N4OS. The molecule has 6 heteroatoms. The lowest BCUT2D eigenvalue weighted by Gasteiger charge is -2.31. The number of ether oxygens (including phenoxy) is 1. The van der Waals surface area contributed by atoms with Crippen LogP contribution in [0.15, 0.2) is 24.3 Å². The van der Waals surface area contributed by atoms with E-state index in [1.165, 1.54) is 17.8 Å². The second-order valence-corrected chi connectivity index (χ2v) is 7.13. The Morgan fingerprint density at radius 1 is 1.09 bits per heavy atom. The van der Waals surface area contributed by atoms with E-state index < -0.39 is 0 Å². The fourth-order valence-electron chi connectivity index (χ4n) is 2.81. The molecule has 0 bridgehead atoms. The van der Waals surface area contributed by atoms with Gasteiger partial charge in [0.25, 0.3) is 0 Å². The van der Waals surface area contributed by atoms with E-state index in [1.807, 2.05) is 12.1 Å². The van der Waals surface area contributed by atoms with Gasteiger partial charge in [0.1, 0.15) is 16.9 Å². The molecule has 2 aliphatic rings. The number of hydrogen-bond acceptors (Lipinski definition) is 6. The molecule has 23 heavy (non-hydrogen) atoms. The summed E-state index contributed by atoms with van der Waals surface area (Å²) in [6.07, 6.45) is 4.75. The lowest BCUT2D eigenvalue weighted by atomic mass is 10.1. The van der Waals surface area contributed by atoms with Crippen LogP contribution in [0.2, 0.25) is 0 Å². The Bertz CT molecular complexity index is 709. The van der Waals surface area contributed by atoms with E-state index >= 15 is 0 Å². The van der Waals surface area contributed by atoms with Gasteiger partial charge < -0.3 is 9.64 Å². The quantitative estimate of drug-likeness (QED) is 0.862. The maximum Gasteiger partial charge on any atom is 0.208 e. The van der Waals surface area contributed by atoms with Gasteiger partial charge in [0.15, 0.2) is 0 Å². The molecule has 118 valence electrons. The monoisotopic (exact) mass is 326 g/mol. The van der Waals surface area contributed by atoms with Crippen LogP contribution < -0.4 is 9.64 Å². The minimum atomic E-state index is 0.231. The van der Waals surface area contributed by atoms with Gasteiger partial charge in [-0.3, -0.25) is 0 Å². The molecule has 0 spiro atoms. The Labute approximate surface area is 139 Å². The first-order chi connectivity index (χ1) is 11.3. The summed E-state index contributed by atoms with van der Waals surface area (Å²) in [6.45, 7) is 1.92. The predicted octanol–water partition coefficient (Wildman–Crippen LogP) is 3.33. The Morgan fingerprint density at radius 3 is 2.48 bits per heavy atom. The lowest BCUT2D eigenvalue weighted by Crippen LogP contribution is -2.38. The van der Waals surface area contributed by atoms with E-state index in [4.69, 9.17) is 10.00 Å². The fraction of sp³-hybridized carbons (Fsp3) is 0.471. The SMILES string of the molecule is N#Cc1ccc(OC2CCN(c3nnc(C4CC4)s3)CC2)cc1. The highest BCUT2D eigenvalue weighted by atomic mass is 32.1. The van der Waals surface area contributed by atoms with Crippen LogP contribution in [-0.4, -0.2) is 29.4 Å². The molecule has 2 heterocycles. The molecule has 1 aliphatic carbocycles. The summed E-state index contributed by atoms with van der Waals surface area (Å²) in [6, 6.07) is 9.46. The van der Waals surface area contributed by atoms with Crippen LogP contribution in [0.1, 0.15) is 42.2 Å². The minimum absolute atomic E-state index is 0.231. The Morgan fingerprint density at radius 2 is 1.83 bits per heavy atom. The van der Waals surface area contributed by atoms with Crippen molar-refractivity contribution in [1.29, 1.82) is 5.26 Å². The highest BCUT2D eigenvalue weighted by molar-refractivity contribution is 7.15. The molecule has 0 atom stereocenters. The number of anilines is 1. The topological polar surface area (TPSA) is 62.0 Å². The third-order valence-corrected chi connectivity index (χ3v) is 5.50. The fourth-order valence-corrected chi connectivity index (χ4v) is 3.88. The summed E-state index contributed by atoms with van der Waals surface area (Å²) >= 11 is 1.75. The summed E-state index contributed by atoms with van der Waals surface area (Å²) in [5, 5.41) is 19.8. The maximum absolute atomic E-state index is 8.82. The van der Waals surface area contributed by atoms with E-state index in [-0.39, 0.29) is 6.10 Å². The molecular weight excluding hydrogens is 308 g/mol. The standard InChI is InChI=1S/C17H18N4OS/c18-11-12-1-5-14(6-2-12)22-15-7-9-21(10-8-15)17-20-19-16(23-17)13-3-4-13/h1-2,5-6,13,15H,3-4,7-10H2. The number of benzene rings is 1. The van der Waals surface area contributed by atoms with Crippen molar-refractivity contribution in [3.05, 3.63) is 34.8 Å². The highest BCUT2D eigenvalue weighted by Crippen LogP contribution is 2.42. The van der Waals surface area contributed by atoms with Crippen molar-refractivity contribution in [2.24, 2.45) is 0 Å². The third kappa shape index (κ3) is 3.30. The number of hydrogen-bond donors (Lipinski definition) is 0. The van der Waals surface area contributed by atoms with Gasteiger partial charge in [-0.15, -0.1) is 10.2 Å². The van der Waals surface area contributed by atoms with Gasteiger partial charge in [0.2, 0.25) is 5.13 Å². The summed E-state index contributed by atoms with van der Waals surface area (Å²) in [5.41, 5.74) is 0.662. The van der Waals surface area contributed by atoms with Crippen molar-refractivity contribution in [2.75, 3.05) is 18.0 Å². The van der Waals surface area contributed by atoms with Crippen LogP contribution in [0.4, 0.5) is 5.13 Å². The van der Waals surface area contributed by atoms with Crippen LogP contribution in [0.5, 0.6) is 5.75 Å². The van der Waals surface area contributed by atoms with Crippen molar-refractivity contribution in [2.45, 2.75) is 37.7 Å². The minimum Gasteiger partial charge on any atom is -0.490 e. The average Bonchev–Trinajstić information content (AvgIpc) is 3.34. The molecule has 1 aromatic heterocycles. The lowest BCUT2D eigenvalue weighted by molar-refractivity contribution is 0.171. The van der Waals surface area contributed by atoms with Crippen LogP contribution >= 0.6 is 11.3 Å². The molecule has 5 nitrogen and oxygen atoms in total. The number of rotatable bonds is 4. The molecule has 1 aliphatic heterocycles. The molecule has 0 radical (unpaired) electrons. The summed E-state index contributed by atoms with van der Waals surface area (Å²) < 4.78 is 6.02. The summed E-state index contributed by atoms with van der Waals surface area (Å²) in [5.74, 6) is 1.52. The first kappa shape index (κ1) is 14.5. The second kappa shape index (κ2) is 6.17. The van der Waals surface area contributed by atoms with Crippen LogP contribution in [0.25, 0.3) is 0 Å². The zero-order valence-corrected chi connectivity index (χ0v) is 13.6. The van der Waals surface area contributed by atoms with Gasteiger partial charge in [-0.05, 0) is 37.1 Å². The van der Waals surface area contributed by atoms with E-state index in [2.05, 4.69) is 21.2 Å². The van der Waals surface area contributed by atoms with Crippen molar-refractivity contribution in [1.82, 2.24) is 10.2 Å². The number of piperidine rings is 1. The van der Waals surface area contributed by atoms with Gasteiger partial charge in [-0.2, -0.15) is 5.26 Å². The number of nitrogens with zero attached hydrogens (tertiary/aromatic N) is 4. The second-order valence-electron chi connectivity index (χ2n) is 6.14. The predicted molar refractivity (Wildman–Crippen MR) is 88.9 cm³/mol. The first-order valence-corrected chi connectivity index (χ1v) is 8.88. The molecule has 0 unspecified atom stereocenters. The molecule has 2 fully saturated rings. The Hall–Kier alpha value is -2.13. The van der Waals surface area contributed by atoms with Gasteiger partial charge in [0, 0.05) is 31.8 Å². The van der Waals surface area contributed by atoms with Gasteiger partial charge in [-0.1, -0.05) is 11.3 Å². The maximum atomic E-state index is 8.82. The van der Waals surface area contributed by atoms with E-state index in [1.54, 1.807) is 23.5 Å². The van der Waals surface area contributed by atoms with Crippen molar-refractivity contribution in [3.63, 3.8) is 0 Å². The largest absolute Gasteiger partial charge is 0.490 e. The molecule has 1 saturated carbocycles. The Kier molecular flexibility index (Phi) is 3.88. The number of nitriles is 1. The van der Waals surface area contributed by atoms with Crippen LogP contribution in [-0.2, 0) is 0 Å². The molecule has 1 saturated heterocycles. The van der Waals surface area contributed by atoms with Gasteiger partial charge in [0.05, 0.1) is 11.6 Å². The summed E-state index contributed by atoms with van der Waals surface area (Å²) in [7, 11) is 0. The molecule has 0 N–H and O–H groups in total. The van der Waals surface area contributed by atoms with Gasteiger partial charge >= 0.3 is 0 Å². The van der Waals surface area contributed by atoms with E-state index in [9.17, 15) is 0 Å². The van der Waals surface area contributed by atoms with Crippen molar-refractivity contribution >= 4 is 16.5 Å². The molecule has 2 aromatic rings. The normalized spacial score (nSPS) is 18.7. The van der Waals surface area contributed by atoms with Crippen LogP contribution in [0.3, 0.4) is 0 Å². The first-order valence-electron chi connectivity index (χ1n) is 8.07. The zero-order chi connectivity index (χ0) is 15.6. The highest BCUT2D eigenvalue weighted by Gasteiger charge is 2.29. The Balaban J connectivity index is 1.32. The van der Waals surface area contributed by atoms with E-state index in [0.29, 0.717) is 11.5 Å². The smallest absolute Gasteiger partial charge is 0.208 e. The third-order valence-electron chi connectivity index (χ3n) is 4.36. The van der Waals surface area contributed by atoms with Crippen molar-refractivity contribution < 1.29 is 4.74 Å². The number of aromatic nitrogens is 2. The zero-order valence-electron chi connectivity index (χ0n) is 12.8. The van der Waals surface area contributed by atoms with Crippen molar-refractivity contribution in [3.8, 4) is 11.8 Å². The van der Waals surface area contributed by atoms with E-state index in [0.717, 1.165) is 36.8 Å². The molecule has 4 rings (SSSR count). The van der Waals surface area contributed by atoms with Gasteiger partial charge in [-0.25, -0.2) is 0 Å². The summed E-state index contributed by atoms with van der Waals surface area (Å²) in [4.78, 5) is 2.32. The molecule has 1 aromatic carbocycles. The van der Waals surface area contributed by atoms with Crippen LogP contribution in [0, 0.1) is 11.3 Å². The average molecular weight is 326 g/mol. The molecule has 0 amide bonds.